The Kier molecular flexibility index (Phi) is 5.41. The average molecular weight is 314 g/mol. The molecule has 0 radical (unpaired) electrons. The van der Waals surface area contributed by atoms with Crippen molar-refractivity contribution >= 4 is 0 Å². The number of hydrogen-bond donors (Lipinski definition) is 1. The van der Waals surface area contributed by atoms with Crippen molar-refractivity contribution in [2.45, 2.75) is 50.8 Å². The first-order valence-electron chi connectivity index (χ1n) is 8.54. The molecule has 1 aliphatic rings. The molecule has 1 saturated heterocycles. The fourth-order valence-corrected chi connectivity index (χ4v) is 3.44. The number of benzene rings is 1. The topological polar surface area (TPSA) is 54.2 Å². The summed E-state index contributed by atoms with van der Waals surface area (Å²) in [4.78, 5) is 2.50. The monoisotopic (exact) mass is 314 g/mol. The number of aliphatic hydroxyl groups excluding tert-OH is 1. The summed E-state index contributed by atoms with van der Waals surface area (Å²) in [6.07, 6.45) is 7.12. The summed E-state index contributed by atoms with van der Waals surface area (Å²) < 4.78 is 1.84. The number of nitrogens with zero attached hydrogens (tertiary/aromatic N) is 4. The van der Waals surface area contributed by atoms with Gasteiger partial charge in [-0.15, -0.1) is 5.10 Å². The van der Waals surface area contributed by atoms with Gasteiger partial charge in [0, 0.05) is 19.6 Å². The van der Waals surface area contributed by atoms with Gasteiger partial charge in [-0.1, -0.05) is 48.4 Å². The highest BCUT2D eigenvalue weighted by molar-refractivity contribution is 5.17. The van der Waals surface area contributed by atoms with Gasteiger partial charge in [0.05, 0.1) is 18.0 Å². The minimum Gasteiger partial charge on any atom is -0.388 e. The fraction of sp³-hybridized carbons (Fsp3) is 0.556. The molecule has 0 bridgehead atoms. The molecule has 2 aromatic rings. The second kappa shape index (κ2) is 7.70. The number of aromatic nitrogens is 3. The number of aryl methyl sites for hydroxylation is 1. The van der Waals surface area contributed by atoms with Gasteiger partial charge in [0.2, 0.25) is 0 Å². The smallest absolute Gasteiger partial charge is 0.0805 e. The summed E-state index contributed by atoms with van der Waals surface area (Å²) in [7, 11) is 1.94. The fourth-order valence-electron chi connectivity index (χ4n) is 3.44. The van der Waals surface area contributed by atoms with Crippen LogP contribution in [-0.2, 0) is 13.6 Å². The third-order valence-corrected chi connectivity index (χ3v) is 4.85. The first-order valence-corrected chi connectivity index (χ1v) is 8.54. The van der Waals surface area contributed by atoms with Crippen molar-refractivity contribution in [1.29, 1.82) is 0 Å². The second-order valence-corrected chi connectivity index (χ2v) is 6.48. The molecule has 3 rings (SSSR count). The molecule has 1 aliphatic heterocycles. The van der Waals surface area contributed by atoms with Crippen molar-refractivity contribution in [1.82, 2.24) is 19.9 Å². The molecule has 1 aromatic carbocycles. The highest BCUT2D eigenvalue weighted by atomic mass is 16.3. The van der Waals surface area contributed by atoms with E-state index in [4.69, 9.17) is 0 Å². The predicted octanol–water partition coefficient (Wildman–Crippen LogP) is 2.68. The summed E-state index contributed by atoms with van der Waals surface area (Å²) in [6, 6.07) is 10.4. The van der Waals surface area contributed by atoms with Gasteiger partial charge >= 0.3 is 0 Å². The van der Waals surface area contributed by atoms with Crippen LogP contribution in [0.25, 0.3) is 0 Å². The van der Waals surface area contributed by atoms with E-state index in [0.29, 0.717) is 6.04 Å². The molecule has 5 heteroatoms. The summed E-state index contributed by atoms with van der Waals surface area (Å²) >= 11 is 0. The lowest BCUT2D eigenvalue weighted by molar-refractivity contribution is 0.0961. The normalized spacial score (nSPS) is 21.0. The largest absolute Gasteiger partial charge is 0.388 e. The summed E-state index contributed by atoms with van der Waals surface area (Å²) in [6.45, 7) is 1.94. The van der Waals surface area contributed by atoms with Crippen LogP contribution in [0.15, 0.2) is 36.5 Å². The lowest BCUT2D eigenvalue weighted by Gasteiger charge is -2.31. The molecule has 0 amide bonds. The molecule has 23 heavy (non-hydrogen) atoms. The van der Waals surface area contributed by atoms with Gasteiger partial charge < -0.3 is 5.11 Å². The first-order chi connectivity index (χ1) is 11.2. The maximum atomic E-state index is 10.6. The molecule has 124 valence electrons. The van der Waals surface area contributed by atoms with Crippen LogP contribution in [0, 0.1) is 0 Å². The van der Waals surface area contributed by atoms with E-state index in [0.717, 1.165) is 37.2 Å². The van der Waals surface area contributed by atoms with E-state index in [1.165, 1.54) is 19.3 Å². The number of hydrogen-bond acceptors (Lipinski definition) is 4. The molecule has 1 N–H and O–H groups in total. The lowest BCUT2D eigenvalue weighted by atomic mass is 9.98. The Morgan fingerprint density at radius 3 is 2.78 bits per heavy atom. The molecule has 2 unspecified atom stereocenters. The highest BCUT2D eigenvalue weighted by Crippen LogP contribution is 2.27. The van der Waals surface area contributed by atoms with Crippen LogP contribution in [0.1, 0.15) is 49.5 Å². The van der Waals surface area contributed by atoms with Crippen LogP contribution >= 0.6 is 0 Å². The zero-order valence-corrected chi connectivity index (χ0v) is 13.8. The number of aliphatic hydroxyl groups is 1. The van der Waals surface area contributed by atoms with Gasteiger partial charge in [-0.05, 0) is 31.4 Å². The maximum absolute atomic E-state index is 10.6. The van der Waals surface area contributed by atoms with Gasteiger partial charge in [0.1, 0.15) is 0 Å². The molecule has 2 heterocycles. The minimum absolute atomic E-state index is 0.397. The zero-order chi connectivity index (χ0) is 16.1. The van der Waals surface area contributed by atoms with Crippen LogP contribution in [0.5, 0.6) is 0 Å². The Morgan fingerprint density at radius 2 is 2.04 bits per heavy atom. The van der Waals surface area contributed by atoms with Crippen LogP contribution in [0.4, 0.5) is 0 Å². The van der Waals surface area contributed by atoms with E-state index < -0.39 is 6.10 Å². The van der Waals surface area contributed by atoms with E-state index in [1.54, 1.807) is 0 Å². The molecule has 1 aromatic heterocycles. The van der Waals surface area contributed by atoms with Gasteiger partial charge in [0.25, 0.3) is 0 Å². The molecular formula is C18H26N4O. The van der Waals surface area contributed by atoms with Gasteiger partial charge in [-0.2, -0.15) is 0 Å². The minimum atomic E-state index is -0.397. The van der Waals surface area contributed by atoms with E-state index >= 15 is 0 Å². The Labute approximate surface area is 137 Å². The van der Waals surface area contributed by atoms with E-state index in [2.05, 4.69) is 15.2 Å². The van der Waals surface area contributed by atoms with Crippen LogP contribution in [0.3, 0.4) is 0 Å². The summed E-state index contributed by atoms with van der Waals surface area (Å²) in [5.41, 5.74) is 2.14. The Balaban J connectivity index is 1.70. The Bertz CT molecular complexity index is 598. The first kappa shape index (κ1) is 16.1. The third-order valence-electron chi connectivity index (χ3n) is 4.85. The van der Waals surface area contributed by atoms with Crippen LogP contribution < -0.4 is 0 Å². The van der Waals surface area contributed by atoms with Crippen molar-refractivity contribution in [3.8, 4) is 0 Å². The molecular weight excluding hydrogens is 288 g/mol. The van der Waals surface area contributed by atoms with Gasteiger partial charge in [-0.25, -0.2) is 0 Å². The van der Waals surface area contributed by atoms with Crippen molar-refractivity contribution in [2.75, 3.05) is 6.54 Å². The molecule has 2 atom stereocenters. The summed E-state index contributed by atoms with van der Waals surface area (Å²) in [5.74, 6) is 0. The molecule has 5 nitrogen and oxygen atoms in total. The summed E-state index contributed by atoms with van der Waals surface area (Å²) in [5, 5.41) is 18.6. The standard InChI is InChI=1S/C18H26N4O/c1-21-17(13-19-20-21)14-22-11-7-3-6-10-16(22)12-18(23)15-8-4-2-5-9-15/h2,4-5,8-9,13,16,18,23H,3,6-7,10-12,14H2,1H3. The van der Waals surface area contributed by atoms with Crippen molar-refractivity contribution < 1.29 is 5.11 Å². The molecule has 0 saturated carbocycles. The maximum Gasteiger partial charge on any atom is 0.0805 e. The van der Waals surface area contributed by atoms with Gasteiger partial charge in [0.15, 0.2) is 0 Å². The average Bonchev–Trinajstić information content (AvgIpc) is 2.85. The van der Waals surface area contributed by atoms with E-state index in [-0.39, 0.29) is 0 Å². The van der Waals surface area contributed by atoms with Crippen LogP contribution in [0.2, 0.25) is 0 Å². The lowest BCUT2D eigenvalue weighted by Crippen LogP contribution is -2.36. The van der Waals surface area contributed by atoms with E-state index in [1.807, 2.05) is 48.3 Å². The molecule has 0 aliphatic carbocycles. The predicted molar refractivity (Wildman–Crippen MR) is 89.7 cm³/mol. The Hall–Kier alpha value is -1.72. The molecule has 1 fully saturated rings. The van der Waals surface area contributed by atoms with Crippen LogP contribution in [-0.4, -0.2) is 37.6 Å². The third kappa shape index (κ3) is 4.18. The highest BCUT2D eigenvalue weighted by Gasteiger charge is 2.25. The van der Waals surface area contributed by atoms with Crippen molar-refractivity contribution in [3.05, 3.63) is 47.8 Å². The zero-order valence-electron chi connectivity index (χ0n) is 13.8. The molecule has 0 spiro atoms. The van der Waals surface area contributed by atoms with Crippen molar-refractivity contribution in [2.24, 2.45) is 7.05 Å². The second-order valence-electron chi connectivity index (χ2n) is 6.48. The Morgan fingerprint density at radius 1 is 1.22 bits per heavy atom. The number of likely N-dealkylation sites (tertiary alicyclic amines) is 1. The SMILES string of the molecule is Cn1nncc1CN1CCCCCC1CC(O)c1ccccc1. The van der Waals surface area contributed by atoms with Crippen molar-refractivity contribution in [3.63, 3.8) is 0 Å². The quantitative estimate of drug-likeness (QED) is 0.922. The number of rotatable bonds is 5. The van der Waals surface area contributed by atoms with E-state index in [9.17, 15) is 5.11 Å². The van der Waals surface area contributed by atoms with Gasteiger partial charge in [-0.3, -0.25) is 9.58 Å².